The molecule has 20 heavy (non-hydrogen) atoms. The third-order valence-electron chi connectivity index (χ3n) is 2.65. The van der Waals surface area contributed by atoms with Gasteiger partial charge in [0.2, 0.25) is 0 Å². The summed E-state index contributed by atoms with van der Waals surface area (Å²) in [6.07, 6.45) is -3.16. The number of nitrogen functional groups attached to an aromatic ring is 1. The summed E-state index contributed by atoms with van der Waals surface area (Å²) in [4.78, 5) is 7.90. The SMILES string of the molecule is NCc1cnc(-c2ccc(Cl)c(C(F)(F)F)c2)nc1N. The van der Waals surface area contributed by atoms with E-state index in [1.165, 1.54) is 12.3 Å². The van der Waals surface area contributed by atoms with E-state index in [1.54, 1.807) is 0 Å². The average Bonchev–Trinajstić information content (AvgIpc) is 2.37. The molecule has 1 aromatic carbocycles. The molecular weight excluding hydrogens is 293 g/mol. The highest BCUT2D eigenvalue weighted by Gasteiger charge is 2.33. The summed E-state index contributed by atoms with van der Waals surface area (Å²) in [5.74, 6) is 0.225. The Kier molecular flexibility index (Phi) is 3.82. The maximum absolute atomic E-state index is 12.8. The molecule has 1 aromatic heterocycles. The van der Waals surface area contributed by atoms with Gasteiger partial charge in [-0.2, -0.15) is 13.2 Å². The number of aromatic nitrogens is 2. The molecule has 0 aliphatic carbocycles. The number of rotatable bonds is 2. The van der Waals surface area contributed by atoms with Crippen LogP contribution in [-0.4, -0.2) is 9.97 Å². The van der Waals surface area contributed by atoms with E-state index in [1.807, 2.05) is 0 Å². The van der Waals surface area contributed by atoms with Crippen molar-refractivity contribution in [2.24, 2.45) is 5.73 Å². The first kappa shape index (κ1) is 14.5. The molecule has 0 radical (unpaired) electrons. The van der Waals surface area contributed by atoms with E-state index in [9.17, 15) is 13.2 Å². The van der Waals surface area contributed by atoms with Crippen molar-refractivity contribution < 1.29 is 13.2 Å². The van der Waals surface area contributed by atoms with Gasteiger partial charge in [0.05, 0.1) is 10.6 Å². The molecule has 0 unspecified atom stereocenters. The fourth-order valence-corrected chi connectivity index (χ4v) is 1.82. The van der Waals surface area contributed by atoms with Gasteiger partial charge in [-0.3, -0.25) is 0 Å². The highest BCUT2D eigenvalue weighted by Crippen LogP contribution is 2.36. The second-order valence-corrected chi connectivity index (χ2v) is 4.41. The Balaban J connectivity index is 2.51. The van der Waals surface area contributed by atoms with Crippen LogP contribution in [-0.2, 0) is 12.7 Å². The van der Waals surface area contributed by atoms with Crippen molar-refractivity contribution >= 4 is 17.4 Å². The monoisotopic (exact) mass is 302 g/mol. The van der Waals surface area contributed by atoms with Crippen LogP contribution in [0.2, 0.25) is 5.02 Å². The van der Waals surface area contributed by atoms with Crippen molar-refractivity contribution in [2.75, 3.05) is 5.73 Å². The van der Waals surface area contributed by atoms with Gasteiger partial charge in [-0.15, -0.1) is 0 Å². The van der Waals surface area contributed by atoms with Crippen LogP contribution in [0.15, 0.2) is 24.4 Å². The number of nitrogens with zero attached hydrogens (tertiary/aromatic N) is 2. The Morgan fingerprint density at radius 2 is 1.95 bits per heavy atom. The average molecular weight is 303 g/mol. The van der Waals surface area contributed by atoms with Crippen molar-refractivity contribution in [3.63, 3.8) is 0 Å². The number of hydrogen-bond donors (Lipinski definition) is 2. The van der Waals surface area contributed by atoms with Gasteiger partial charge in [-0.1, -0.05) is 11.6 Å². The Bertz CT molecular complexity index is 643. The minimum absolute atomic E-state index is 0.0851. The standard InChI is InChI=1S/C12H10ClF3N4/c13-9-2-1-6(3-8(9)12(14,15)16)11-19-5-7(4-17)10(18)20-11/h1-3,5H,4,17H2,(H2,18,19,20). The lowest BCUT2D eigenvalue weighted by atomic mass is 10.1. The first-order valence-electron chi connectivity index (χ1n) is 5.51. The molecule has 4 N–H and O–H groups in total. The molecule has 0 fully saturated rings. The molecule has 106 valence electrons. The molecule has 0 saturated heterocycles. The summed E-state index contributed by atoms with van der Waals surface area (Å²) in [5.41, 5.74) is 10.8. The van der Waals surface area contributed by atoms with Crippen LogP contribution >= 0.6 is 11.6 Å². The molecule has 0 aliphatic heterocycles. The van der Waals surface area contributed by atoms with Gasteiger partial charge in [0.25, 0.3) is 0 Å². The molecule has 2 rings (SSSR count). The summed E-state index contributed by atoms with van der Waals surface area (Å²) in [6, 6.07) is 3.43. The van der Waals surface area contributed by atoms with Gasteiger partial charge in [0.1, 0.15) is 5.82 Å². The Hall–Kier alpha value is -1.86. The molecule has 0 saturated carbocycles. The molecule has 0 bridgehead atoms. The van der Waals surface area contributed by atoms with E-state index in [4.69, 9.17) is 23.1 Å². The topological polar surface area (TPSA) is 77.8 Å². The first-order chi connectivity index (χ1) is 9.32. The Morgan fingerprint density at radius 3 is 2.50 bits per heavy atom. The zero-order valence-electron chi connectivity index (χ0n) is 10.1. The molecule has 0 atom stereocenters. The van der Waals surface area contributed by atoms with E-state index in [2.05, 4.69) is 9.97 Å². The van der Waals surface area contributed by atoms with E-state index in [0.29, 0.717) is 5.56 Å². The van der Waals surface area contributed by atoms with Crippen LogP contribution in [0.1, 0.15) is 11.1 Å². The maximum atomic E-state index is 12.8. The summed E-state index contributed by atoms with van der Waals surface area (Å²) in [6.45, 7) is 0.153. The second kappa shape index (κ2) is 5.26. The lowest BCUT2D eigenvalue weighted by Gasteiger charge is -2.11. The zero-order chi connectivity index (χ0) is 14.9. The molecular formula is C12H10ClF3N4. The quantitative estimate of drug-likeness (QED) is 0.894. The van der Waals surface area contributed by atoms with Crippen molar-refractivity contribution in [1.29, 1.82) is 0 Å². The zero-order valence-corrected chi connectivity index (χ0v) is 10.8. The van der Waals surface area contributed by atoms with Gasteiger partial charge >= 0.3 is 6.18 Å². The van der Waals surface area contributed by atoms with Crippen LogP contribution in [0.4, 0.5) is 19.0 Å². The minimum atomic E-state index is -4.55. The van der Waals surface area contributed by atoms with Crippen LogP contribution in [0.5, 0.6) is 0 Å². The fourth-order valence-electron chi connectivity index (χ4n) is 1.60. The Labute approximate surface area is 117 Å². The first-order valence-corrected chi connectivity index (χ1v) is 5.89. The van der Waals surface area contributed by atoms with Crippen LogP contribution in [0, 0.1) is 0 Å². The van der Waals surface area contributed by atoms with Crippen LogP contribution < -0.4 is 11.5 Å². The van der Waals surface area contributed by atoms with Gasteiger partial charge in [-0.05, 0) is 18.2 Å². The van der Waals surface area contributed by atoms with Gasteiger partial charge in [0.15, 0.2) is 5.82 Å². The predicted molar refractivity (Wildman–Crippen MR) is 69.8 cm³/mol. The number of benzene rings is 1. The predicted octanol–water partition coefficient (Wildman–Crippen LogP) is 2.86. The minimum Gasteiger partial charge on any atom is -0.383 e. The van der Waals surface area contributed by atoms with Gasteiger partial charge < -0.3 is 11.5 Å². The van der Waals surface area contributed by atoms with E-state index in [0.717, 1.165) is 12.1 Å². The smallest absolute Gasteiger partial charge is 0.383 e. The Morgan fingerprint density at radius 1 is 1.25 bits per heavy atom. The molecule has 4 nitrogen and oxygen atoms in total. The molecule has 2 aromatic rings. The lowest BCUT2D eigenvalue weighted by Crippen LogP contribution is -2.08. The van der Waals surface area contributed by atoms with Crippen LogP contribution in [0.25, 0.3) is 11.4 Å². The number of hydrogen-bond acceptors (Lipinski definition) is 4. The second-order valence-electron chi connectivity index (χ2n) is 4.00. The summed E-state index contributed by atoms with van der Waals surface area (Å²) in [5, 5.41) is -0.382. The molecule has 8 heteroatoms. The van der Waals surface area contributed by atoms with Crippen molar-refractivity contribution in [3.8, 4) is 11.4 Å². The van der Waals surface area contributed by atoms with Gasteiger partial charge in [-0.25, -0.2) is 9.97 Å². The fraction of sp³-hybridized carbons (Fsp3) is 0.167. The largest absolute Gasteiger partial charge is 0.417 e. The maximum Gasteiger partial charge on any atom is 0.417 e. The van der Waals surface area contributed by atoms with E-state index in [-0.39, 0.29) is 28.8 Å². The lowest BCUT2D eigenvalue weighted by molar-refractivity contribution is -0.137. The third-order valence-corrected chi connectivity index (χ3v) is 2.98. The number of alkyl halides is 3. The van der Waals surface area contributed by atoms with Gasteiger partial charge in [0, 0.05) is 23.9 Å². The van der Waals surface area contributed by atoms with Crippen molar-refractivity contribution in [2.45, 2.75) is 12.7 Å². The summed E-state index contributed by atoms with van der Waals surface area (Å²) < 4.78 is 38.3. The molecule has 1 heterocycles. The van der Waals surface area contributed by atoms with Crippen molar-refractivity contribution in [1.82, 2.24) is 9.97 Å². The van der Waals surface area contributed by atoms with Crippen molar-refractivity contribution in [3.05, 3.63) is 40.5 Å². The summed E-state index contributed by atoms with van der Waals surface area (Å²) in [7, 11) is 0. The van der Waals surface area contributed by atoms with E-state index >= 15 is 0 Å². The number of halogens is 4. The highest BCUT2D eigenvalue weighted by atomic mass is 35.5. The highest BCUT2D eigenvalue weighted by molar-refractivity contribution is 6.31. The number of anilines is 1. The van der Waals surface area contributed by atoms with E-state index < -0.39 is 11.7 Å². The van der Waals surface area contributed by atoms with Crippen LogP contribution in [0.3, 0.4) is 0 Å². The molecule has 0 amide bonds. The molecule has 0 spiro atoms. The normalized spacial score (nSPS) is 11.7. The summed E-state index contributed by atoms with van der Waals surface area (Å²) >= 11 is 5.55. The number of nitrogens with two attached hydrogens (primary N) is 2. The third kappa shape index (κ3) is 2.83. The molecule has 0 aliphatic rings.